The van der Waals surface area contributed by atoms with E-state index in [1.165, 1.54) is 12.1 Å². The van der Waals surface area contributed by atoms with Gasteiger partial charge in [-0.1, -0.05) is 36.7 Å². The molecule has 0 radical (unpaired) electrons. The van der Waals surface area contributed by atoms with E-state index in [9.17, 15) is 19.1 Å². The zero-order chi connectivity index (χ0) is 23.7. The third-order valence-corrected chi connectivity index (χ3v) is 6.83. The van der Waals surface area contributed by atoms with E-state index in [0.717, 1.165) is 16.8 Å². The summed E-state index contributed by atoms with van der Waals surface area (Å²) in [7, 11) is 1.69. The monoisotopic (exact) mass is 472 g/mol. The van der Waals surface area contributed by atoms with Crippen LogP contribution in [0.15, 0.2) is 42.5 Å². The van der Waals surface area contributed by atoms with Crippen LogP contribution in [0.1, 0.15) is 42.6 Å². The van der Waals surface area contributed by atoms with E-state index in [1.807, 2.05) is 23.6 Å². The molecule has 0 saturated heterocycles. The predicted octanol–water partition coefficient (Wildman–Crippen LogP) is 5.60. The molecule has 1 aromatic heterocycles. The number of hydrogen-bond donors (Lipinski definition) is 1. The van der Waals surface area contributed by atoms with Crippen molar-refractivity contribution in [2.24, 2.45) is 0 Å². The van der Waals surface area contributed by atoms with Crippen LogP contribution in [0.4, 0.5) is 9.18 Å². The highest BCUT2D eigenvalue weighted by Crippen LogP contribution is 2.37. The number of carboxylic acid groups (broad SMARTS) is 1. The van der Waals surface area contributed by atoms with Crippen LogP contribution in [-0.4, -0.2) is 39.7 Å². The molecule has 1 heterocycles. The number of aromatic nitrogens is 1. The number of benzene rings is 2. The van der Waals surface area contributed by atoms with Crippen LogP contribution in [0.2, 0.25) is 5.02 Å². The summed E-state index contributed by atoms with van der Waals surface area (Å²) in [5.41, 5.74) is 3.23. The minimum atomic E-state index is -0.913. The van der Waals surface area contributed by atoms with Crippen LogP contribution in [0.3, 0.4) is 0 Å². The maximum atomic E-state index is 14.1. The van der Waals surface area contributed by atoms with Gasteiger partial charge in [-0.05, 0) is 55.5 Å². The summed E-state index contributed by atoms with van der Waals surface area (Å²) in [6.07, 6.45) is 1.69. The van der Waals surface area contributed by atoms with Crippen molar-refractivity contribution in [3.8, 4) is 0 Å². The van der Waals surface area contributed by atoms with Crippen molar-refractivity contribution < 1.29 is 23.8 Å². The van der Waals surface area contributed by atoms with Gasteiger partial charge in [0.25, 0.3) is 0 Å². The topological polar surface area (TPSA) is 71.8 Å². The van der Waals surface area contributed by atoms with Gasteiger partial charge < -0.3 is 19.3 Å². The number of likely N-dealkylation sites (N-methyl/N-ethyl adjacent to an activating group) is 1. The molecule has 0 bridgehead atoms. The molecule has 8 heteroatoms. The highest BCUT2D eigenvalue weighted by Gasteiger charge is 2.33. The first kappa shape index (κ1) is 23.1. The molecule has 2 aromatic carbocycles. The molecule has 0 saturated carbocycles. The lowest BCUT2D eigenvalue weighted by Crippen LogP contribution is -2.41. The first-order valence-corrected chi connectivity index (χ1v) is 11.4. The first-order chi connectivity index (χ1) is 15.8. The summed E-state index contributed by atoms with van der Waals surface area (Å²) in [6, 6.07) is 10.8. The Morgan fingerprint density at radius 2 is 2.06 bits per heavy atom. The van der Waals surface area contributed by atoms with Crippen molar-refractivity contribution in [2.75, 3.05) is 7.05 Å². The van der Waals surface area contributed by atoms with Gasteiger partial charge in [0.2, 0.25) is 0 Å². The van der Waals surface area contributed by atoms with Crippen LogP contribution < -0.4 is 0 Å². The number of rotatable bonds is 6. The summed E-state index contributed by atoms with van der Waals surface area (Å²) < 4.78 is 21.4. The molecule has 0 spiro atoms. The van der Waals surface area contributed by atoms with Crippen LogP contribution in [0.25, 0.3) is 10.9 Å². The van der Waals surface area contributed by atoms with E-state index in [-0.39, 0.29) is 18.5 Å². The van der Waals surface area contributed by atoms with Crippen molar-refractivity contribution in [1.29, 1.82) is 0 Å². The van der Waals surface area contributed by atoms with Crippen molar-refractivity contribution in [3.05, 3.63) is 70.1 Å². The Hall–Kier alpha value is -3.06. The maximum Gasteiger partial charge on any atom is 0.410 e. The first-order valence-electron chi connectivity index (χ1n) is 11.0. The summed E-state index contributed by atoms with van der Waals surface area (Å²) in [6.45, 7) is 1.90. The van der Waals surface area contributed by atoms with Gasteiger partial charge in [-0.25, -0.2) is 14.0 Å². The number of carbonyl (C=O) groups is 2. The normalized spacial score (nSPS) is 16.3. The molecule has 1 amide bonds. The molecule has 0 fully saturated rings. The average Bonchev–Trinajstić information content (AvgIpc) is 3.11. The molecule has 174 valence electrons. The smallest absolute Gasteiger partial charge is 0.410 e. The third-order valence-electron chi connectivity index (χ3n) is 6.46. The second kappa shape index (κ2) is 9.43. The number of carboxylic acids is 1. The van der Waals surface area contributed by atoms with Crippen molar-refractivity contribution in [3.63, 3.8) is 0 Å². The SMILES string of the molecule is CCC(C(=O)O)n1c2c(c3cc(F)ccc31)C[C@@H](N(C)C(=O)OCc1ccccc1Cl)CC2. The minimum absolute atomic E-state index is 0.0716. The van der Waals surface area contributed by atoms with E-state index < -0.39 is 18.1 Å². The number of halogens is 2. The summed E-state index contributed by atoms with van der Waals surface area (Å²) in [5.74, 6) is -1.29. The number of fused-ring (bicyclic) bond motifs is 3. The van der Waals surface area contributed by atoms with Crippen LogP contribution >= 0.6 is 11.6 Å². The molecule has 2 atom stereocenters. The van der Waals surface area contributed by atoms with Gasteiger partial charge >= 0.3 is 12.1 Å². The molecule has 4 rings (SSSR count). The number of hydrogen-bond acceptors (Lipinski definition) is 3. The largest absolute Gasteiger partial charge is 0.480 e. The molecular formula is C25H26ClFN2O4. The molecular weight excluding hydrogens is 447 g/mol. The number of nitrogens with zero attached hydrogens (tertiary/aromatic N) is 2. The van der Waals surface area contributed by atoms with Gasteiger partial charge in [-0.2, -0.15) is 0 Å². The molecule has 6 nitrogen and oxygen atoms in total. The zero-order valence-corrected chi connectivity index (χ0v) is 19.3. The highest BCUT2D eigenvalue weighted by atomic mass is 35.5. The Labute approximate surface area is 196 Å². The highest BCUT2D eigenvalue weighted by molar-refractivity contribution is 6.31. The van der Waals surface area contributed by atoms with E-state index in [0.29, 0.717) is 41.6 Å². The number of aliphatic carboxylic acids is 1. The van der Waals surface area contributed by atoms with Gasteiger partial charge in [0, 0.05) is 40.3 Å². The van der Waals surface area contributed by atoms with Crippen molar-refractivity contribution in [1.82, 2.24) is 9.47 Å². The lowest BCUT2D eigenvalue weighted by Gasteiger charge is -2.32. The minimum Gasteiger partial charge on any atom is -0.480 e. The quantitative estimate of drug-likeness (QED) is 0.507. The van der Waals surface area contributed by atoms with Gasteiger partial charge in [0.1, 0.15) is 18.5 Å². The Bertz CT molecular complexity index is 1210. The third kappa shape index (κ3) is 4.42. The Morgan fingerprint density at radius 3 is 2.76 bits per heavy atom. The Balaban J connectivity index is 1.59. The van der Waals surface area contributed by atoms with E-state index in [2.05, 4.69) is 0 Å². The van der Waals surface area contributed by atoms with E-state index >= 15 is 0 Å². The Kier molecular flexibility index (Phi) is 6.61. The molecule has 3 aromatic rings. The van der Waals surface area contributed by atoms with Gasteiger partial charge in [-0.15, -0.1) is 0 Å². The van der Waals surface area contributed by atoms with Gasteiger partial charge in [0.05, 0.1) is 0 Å². The maximum absolute atomic E-state index is 14.1. The lowest BCUT2D eigenvalue weighted by molar-refractivity contribution is -0.140. The fraction of sp³-hybridized carbons (Fsp3) is 0.360. The summed E-state index contributed by atoms with van der Waals surface area (Å²) >= 11 is 6.14. The molecule has 1 aliphatic rings. The second-order valence-corrected chi connectivity index (χ2v) is 8.78. The fourth-order valence-corrected chi connectivity index (χ4v) is 4.90. The Morgan fingerprint density at radius 1 is 1.30 bits per heavy atom. The average molecular weight is 473 g/mol. The molecule has 1 N–H and O–H groups in total. The van der Waals surface area contributed by atoms with Crippen LogP contribution in [0, 0.1) is 5.82 Å². The predicted molar refractivity (Wildman–Crippen MR) is 124 cm³/mol. The standard InChI is InChI=1S/C25H26ClFN2O4/c1-3-21(24(30)31)29-22-10-8-16(27)12-18(22)19-13-17(9-11-23(19)29)28(2)25(32)33-14-15-6-4-5-7-20(15)26/h4-8,10,12,17,21H,3,9,11,13-14H2,1-2H3,(H,30,31)/t17-,21?/m0/s1. The summed E-state index contributed by atoms with van der Waals surface area (Å²) in [5, 5.41) is 11.0. The van der Waals surface area contributed by atoms with Crippen molar-refractivity contribution >= 4 is 34.6 Å². The van der Waals surface area contributed by atoms with Crippen molar-refractivity contribution in [2.45, 2.75) is 51.3 Å². The number of ether oxygens (including phenoxy) is 1. The molecule has 0 aliphatic heterocycles. The summed E-state index contributed by atoms with van der Waals surface area (Å²) in [4.78, 5) is 26.2. The van der Waals surface area contributed by atoms with Gasteiger partial charge in [0.15, 0.2) is 0 Å². The molecule has 1 aliphatic carbocycles. The fourth-order valence-electron chi connectivity index (χ4n) is 4.71. The number of amides is 1. The lowest BCUT2D eigenvalue weighted by atomic mass is 9.90. The second-order valence-electron chi connectivity index (χ2n) is 8.37. The van der Waals surface area contributed by atoms with Gasteiger partial charge in [-0.3, -0.25) is 0 Å². The zero-order valence-electron chi connectivity index (χ0n) is 18.6. The molecule has 33 heavy (non-hydrogen) atoms. The van der Waals surface area contributed by atoms with Crippen LogP contribution in [-0.2, 0) is 29.0 Å². The van der Waals surface area contributed by atoms with Crippen LogP contribution in [0.5, 0.6) is 0 Å². The molecule has 1 unspecified atom stereocenters. The number of carbonyl (C=O) groups excluding carboxylic acids is 1. The van der Waals surface area contributed by atoms with E-state index in [4.69, 9.17) is 16.3 Å². The van der Waals surface area contributed by atoms with E-state index in [1.54, 1.807) is 30.1 Å².